The number of halogens is 2. The van der Waals surface area contributed by atoms with Gasteiger partial charge in [-0.15, -0.1) is 0 Å². The summed E-state index contributed by atoms with van der Waals surface area (Å²) in [6, 6.07) is -0.726. The number of ether oxygens (including phenoxy) is 2. The molecule has 0 bridgehead atoms. The summed E-state index contributed by atoms with van der Waals surface area (Å²) in [4.78, 5) is 41.9. The molecular formula is C25H37F2N9O4. The summed E-state index contributed by atoms with van der Waals surface area (Å²) in [5.41, 5.74) is 0. The number of piperidine rings is 2. The lowest BCUT2D eigenvalue weighted by Gasteiger charge is -2.42. The Bertz CT molecular complexity index is 1070. The van der Waals surface area contributed by atoms with Gasteiger partial charge in [0, 0.05) is 46.5 Å². The smallest absolute Gasteiger partial charge is 0.323 e. The largest absolute Gasteiger partial charge is 0.477 e. The first-order valence-electron chi connectivity index (χ1n) is 13.1. The number of hydrogen-bond donors (Lipinski definition) is 3. The maximum atomic E-state index is 14.7. The van der Waals surface area contributed by atoms with Crippen LogP contribution in [0.5, 0.6) is 5.88 Å². The van der Waals surface area contributed by atoms with Crippen molar-refractivity contribution in [2.45, 2.75) is 38.2 Å². The Morgan fingerprint density at radius 2 is 2.02 bits per heavy atom. The van der Waals surface area contributed by atoms with Crippen molar-refractivity contribution in [3.8, 4) is 5.88 Å². The van der Waals surface area contributed by atoms with Crippen LogP contribution in [0.15, 0.2) is 24.7 Å². The highest BCUT2D eigenvalue weighted by Gasteiger charge is 2.48. The number of methoxy groups -OCH3 is 1. The molecule has 2 aromatic heterocycles. The van der Waals surface area contributed by atoms with Crippen molar-refractivity contribution < 1.29 is 27.8 Å². The fourth-order valence-electron chi connectivity index (χ4n) is 4.34. The van der Waals surface area contributed by atoms with Crippen LogP contribution in [0.3, 0.4) is 0 Å². The van der Waals surface area contributed by atoms with Crippen molar-refractivity contribution in [3.63, 3.8) is 0 Å². The van der Waals surface area contributed by atoms with Crippen molar-refractivity contribution in [2.75, 3.05) is 69.1 Å². The van der Waals surface area contributed by atoms with Crippen LogP contribution >= 0.6 is 0 Å². The zero-order chi connectivity index (χ0) is 29.0. The Labute approximate surface area is 232 Å². The van der Waals surface area contributed by atoms with E-state index in [1.807, 2.05) is 0 Å². The van der Waals surface area contributed by atoms with Gasteiger partial charge in [-0.3, -0.25) is 10.1 Å². The van der Waals surface area contributed by atoms with Crippen molar-refractivity contribution in [3.05, 3.63) is 24.7 Å². The third kappa shape index (κ3) is 8.91. The molecule has 0 radical (unpaired) electrons. The molecule has 2 fully saturated rings. The number of urea groups is 1. The molecule has 4 rings (SSSR count). The van der Waals surface area contributed by atoms with E-state index in [-0.39, 0.29) is 36.6 Å². The van der Waals surface area contributed by atoms with E-state index in [2.05, 4.69) is 35.9 Å². The van der Waals surface area contributed by atoms with Gasteiger partial charge in [0.05, 0.1) is 19.0 Å². The molecule has 2 saturated heterocycles. The molecule has 1 atom stereocenters. The van der Waals surface area contributed by atoms with Crippen molar-refractivity contribution in [1.29, 1.82) is 0 Å². The van der Waals surface area contributed by atoms with Crippen molar-refractivity contribution in [1.82, 2.24) is 30.2 Å². The van der Waals surface area contributed by atoms with Gasteiger partial charge in [-0.2, -0.15) is 4.98 Å². The molecule has 13 nitrogen and oxygen atoms in total. The molecule has 0 saturated carbocycles. The number of alkyl halides is 2. The van der Waals surface area contributed by atoms with Crippen molar-refractivity contribution >= 4 is 30.0 Å². The van der Waals surface area contributed by atoms with E-state index in [0.717, 1.165) is 17.4 Å². The van der Waals surface area contributed by atoms with Crippen LogP contribution in [0, 0.1) is 5.92 Å². The monoisotopic (exact) mass is 565 g/mol. The Kier molecular flexibility index (Phi) is 11.7. The first kappa shape index (κ1) is 30.8. The molecule has 2 aromatic rings. The lowest BCUT2D eigenvalue weighted by atomic mass is 10.00. The molecular weight excluding hydrogens is 528 g/mol. The lowest BCUT2D eigenvalue weighted by Crippen LogP contribution is -2.60. The standard InChI is InChI=1S/C18H22F2N8O3.C7H15NO/c1-3-31-15-9-22-14(8-23-15)26-17(30)27(2)12-10-28(7-5-18(12,19)20)16-21-6-4-13(25-16)24-11-29;1-9-6-7-2-4-8-5-3-7/h4,6,8-9,11-12H,3,5,7,10H2,1-2H3,(H,22,26,30)(H,21,24,25,29);7-8H,2-6H2,1H3. The van der Waals surface area contributed by atoms with Crippen LogP contribution in [-0.2, 0) is 9.53 Å². The molecule has 2 aliphatic rings. The Balaban J connectivity index is 0.000000415. The van der Waals surface area contributed by atoms with Crippen LogP contribution < -0.4 is 25.6 Å². The van der Waals surface area contributed by atoms with Crippen LogP contribution in [0.1, 0.15) is 26.2 Å². The first-order valence-corrected chi connectivity index (χ1v) is 13.1. The number of amides is 3. The third-order valence-electron chi connectivity index (χ3n) is 6.53. The Morgan fingerprint density at radius 3 is 2.67 bits per heavy atom. The third-order valence-corrected chi connectivity index (χ3v) is 6.53. The van der Waals surface area contributed by atoms with E-state index in [1.165, 1.54) is 57.6 Å². The molecule has 0 aromatic carbocycles. The normalized spacial score (nSPS) is 18.6. The minimum absolute atomic E-state index is 0.00608. The predicted octanol–water partition coefficient (Wildman–Crippen LogP) is 2.24. The van der Waals surface area contributed by atoms with Crippen molar-refractivity contribution in [2.24, 2.45) is 5.92 Å². The fraction of sp³-hybridized carbons (Fsp3) is 0.600. The number of rotatable bonds is 9. The van der Waals surface area contributed by atoms with Crippen LogP contribution in [0.4, 0.5) is 31.2 Å². The second-order valence-corrected chi connectivity index (χ2v) is 9.34. The molecule has 15 heteroatoms. The number of aromatic nitrogens is 4. The summed E-state index contributed by atoms with van der Waals surface area (Å²) < 4.78 is 39.5. The van der Waals surface area contributed by atoms with Gasteiger partial charge in [0.25, 0.3) is 5.92 Å². The highest BCUT2D eigenvalue weighted by atomic mass is 19.3. The Morgan fingerprint density at radius 1 is 1.25 bits per heavy atom. The summed E-state index contributed by atoms with van der Waals surface area (Å²) in [7, 11) is 3.06. The minimum Gasteiger partial charge on any atom is -0.477 e. The molecule has 4 heterocycles. The molecule has 40 heavy (non-hydrogen) atoms. The van der Waals surface area contributed by atoms with E-state index in [0.29, 0.717) is 13.0 Å². The van der Waals surface area contributed by atoms with Crippen LogP contribution in [0.2, 0.25) is 0 Å². The van der Waals surface area contributed by atoms with E-state index < -0.39 is 24.4 Å². The van der Waals surface area contributed by atoms with Gasteiger partial charge >= 0.3 is 6.03 Å². The quantitative estimate of drug-likeness (QED) is 0.387. The molecule has 2 aliphatic heterocycles. The second-order valence-electron chi connectivity index (χ2n) is 9.34. The average molecular weight is 566 g/mol. The van der Waals surface area contributed by atoms with Gasteiger partial charge in [0.1, 0.15) is 11.9 Å². The number of carbonyl (C=O) groups excluding carboxylic acids is 2. The number of nitrogens with zero attached hydrogens (tertiary/aromatic N) is 6. The molecule has 3 amide bonds. The second kappa shape index (κ2) is 15.2. The van der Waals surface area contributed by atoms with E-state index in [9.17, 15) is 18.4 Å². The summed E-state index contributed by atoms with van der Waals surface area (Å²) in [5.74, 6) is -1.49. The lowest BCUT2D eigenvalue weighted by molar-refractivity contribution is -0.105. The van der Waals surface area contributed by atoms with Crippen LogP contribution in [-0.4, -0.2) is 103 Å². The molecule has 3 N–H and O–H groups in total. The van der Waals surface area contributed by atoms with E-state index in [1.54, 1.807) is 18.9 Å². The van der Waals surface area contributed by atoms with Gasteiger partial charge in [-0.25, -0.2) is 28.5 Å². The Hall–Kier alpha value is -3.72. The van der Waals surface area contributed by atoms with Gasteiger partial charge < -0.3 is 29.9 Å². The maximum Gasteiger partial charge on any atom is 0.323 e. The highest BCUT2D eigenvalue weighted by Crippen LogP contribution is 2.33. The molecule has 0 aliphatic carbocycles. The van der Waals surface area contributed by atoms with E-state index >= 15 is 0 Å². The zero-order valence-corrected chi connectivity index (χ0v) is 23.0. The molecule has 220 valence electrons. The van der Waals surface area contributed by atoms with Gasteiger partial charge in [-0.05, 0) is 44.8 Å². The zero-order valence-electron chi connectivity index (χ0n) is 23.0. The highest BCUT2D eigenvalue weighted by molar-refractivity contribution is 5.88. The number of carbonyl (C=O) groups is 2. The predicted molar refractivity (Wildman–Crippen MR) is 145 cm³/mol. The van der Waals surface area contributed by atoms with Gasteiger partial charge in [-0.1, -0.05) is 0 Å². The number of anilines is 3. The SMILES string of the molecule is CCOc1cnc(NC(=O)N(C)C2CN(c3nccc(NC=O)n3)CCC2(F)F)cn1.COCC1CCNCC1. The summed E-state index contributed by atoms with van der Waals surface area (Å²) in [6.07, 6.45) is 6.56. The van der Waals surface area contributed by atoms with E-state index in [4.69, 9.17) is 9.47 Å². The first-order chi connectivity index (χ1) is 19.3. The number of hydrogen-bond acceptors (Lipinski definition) is 10. The topological polar surface area (TPSA) is 147 Å². The van der Waals surface area contributed by atoms with Crippen LogP contribution in [0.25, 0.3) is 0 Å². The number of likely N-dealkylation sites (N-methyl/N-ethyl adjacent to an activating group) is 1. The summed E-state index contributed by atoms with van der Waals surface area (Å²) in [5, 5.41) is 8.16. The van der Waals surface area contributed by atoms with Gasteiger partial charge in [0.15, 0.2) is 5.82 Å². The average Bonchev–Trinajstić information content (AvgIpc) is 2.95. The molecule has 1 unspecified atom stereocenters. The maximum absolute atomic E-state index is 14.7. The van der Waals surface area contributed by atoms with Gasteiger partial charge in [0.2, 0.25) is 18.2 Å². The summed E-state index contributed by atoms with van der Waals surface area (Å²) in [6.45, 7) is 5.29. The molecule has 0 spiro atoms. The summed E-state index contributed by atoms with van der Waals surface area (Å²) >= 11 is 0. The fourth-order valence-corrected chi connectivity index (χ4v) is 4.34. The number of nitrogens with one attached hydrogen (secondary N) is 3. The minimum atomic E-state index is -3.12.